The molecule has 0 atom stereocenters. The molecule has 1 saturated heterocycles. The lowest BCUT2D eigenvalue weighted by Crippen LogP contribution is -2.57. The predicted molar refractivity (Wildman–Crippen MR) is 66.7 cm³/mol. The maximum Gasteiger partial charge on any atom is 0.123 e. The van der Waals surface area contributed by atoms with Crippen molar-refractivity contribution in [3.05, 3.63) is 35.6 Å². The molecule has 0 aliphatic carbocycles. The summed E-state index contributed by atoms with van der Waals surface area (Å²) in [5, 5.41) is 3.31. The fraction of sp³-hybridized carbons (Fsp3) is 0.571. The molecule has 0 aromatic heterocycles. The van der Waals surface area contributed by atoms with E-state index in [0.29, 0.717) is 0 Å². The van der Waals surface area contributed by atoms with Gasteiger partial charge in [0.25, 0.3) is 0 Å². The highest BCUT2D eigenvalue weighted by atomic mass is 19.1. The van der Waals surface area contributed by atoms with Crippen LogP contribution in [0.25, 0.3) is 0 Å². The summed E-state index contributed by atoms with van der Waals surface area (Å²) in [6.07, 6.45) is 2.06. The van der Waals surface area contributed by atoms with Crippen LogP contribution in [0.15, 0.2) is 24.3 Å². The molecule has 0 saturated carbocycles. The summed E-state index contributed by atoms with van der Waals surface area (Å²) in [5.41, 5.74) is 1.37. The fourth-order valence-electron chi connectivity index (χ4n) is 2.27. The third-order valence-electron chi connectivity index (χ3n) is 3.46. The van der Waals surface area contributed by atoms with E-state index in [-0.39, 0.29) is 11.2 Å². The number of hydrogen-bond acceptors (Lipinski definition) is 2. The Balaban J connectivity index is 1.96. The van der Waals surface area contributed by atoms with Crippen LogP contribution < -0.4 is 5.32 Å². The number of nitrogens with one attached hydrogen (secondary N) is 1. The second kappa shape index (κ2) is 5.61. The van der Waals surface area contributed by atoms with Gasteiger partial charge in [-0.25, -0.2) is 4.39 Å². The van der Waals surface area contributed by atoms with Gasteiger partial charge in [-0.2, -0.15) is 0 Å². The van der Waals surface area contributed by atoms with Crippen LogP contribution in [-0.4, -0.2) is 26.3 Å². The van der Waals surface area contributed by atoms with E-state index in [2.05, 4.69) is 12.2 Å². The molecule has 1 N–H and O–H groups in total. The number of halogens is 1. The molecule has 0 spiro atoms. The van der Waals surface area contributed by atoms with Gasteiger partial charge in [0.2, 0.25) is 0 Å². The normalized spacial score (nSPS) is 17.8. The smallest absolute Gasteiger partial charge is 0.123 e. The van der Waals surface area contributed by atoms with Gasteiger partial charge in [0, 0.05) is 31.7 Å². The van der Waals surface area contributed by atoms with E-state index in [1.165, 1.54) is 5.56 Å². The standard InChI is InChI=1S/C14H20FNO/c1-2-8-17-9-7-14(10-16-11-14)12-3-5-13(15)6-4-12/h3-6,16H,2,7-11H2,1H3. The van der Waals surface area contributed by atoms with E-state index in [4.69, 9.17) is 4.74 Å². The Kier molecular flexibility index (Phi) is 4.13. The SMILES string of the molecule is CCCOCCC1(c2ccc(F)cc2)CNC1. The molecule has 1 aliphatic heterocycles. The molecule has 0 amide bonds. The summed E-state index contributed by atoms with van der Waals surface area (Å²) >= 11 is 0. The minimum atomic E-state index is -0.168. The van der Waals surface area contributed by atoms with Crippen LogP contribution in [0.5, 0.6) is 0 Å². The lowest BCUT2D eigenvalue weighted by atomic mass is 9.73. The lowest BCUT2D eigenvalue weighted by Gasteiger charge is -2.43. The van der Waals surface area contributed by atoms with Crippen LogP contribution in [0.1, 0.15) is 25.3 Å². The Morgan fingerprint density at radius 2 is 1.94 bits per heavy atom. The van der Waals surface area contributed by atoms with Crippen molar-refractivity contribution in [3.8, 4) is 0 Å². The average Bonchev–Trinajstić information content (AvgIpc) is 2.29. The summed E-state index contributed by atoms with van der Waals surface area (Å²) in [6.45, 7) is 5.66. The van der Waals surface area contributed by atoms with Gasteiger partial charge in [0.1, 0.15) is 5.82 Å². The number of hydrogen-bond donors (Lipinski definition) is 1. The molecule has 1 aromatic carbocycles. The van der Waals surface area contributed by atoms with E-state index in [1.54, 1.807) is 12.1 Å². The molecule has 1 heterocycles. The Morgan fingerprint density at radius 3 is 2.47 bits per heavy atom. The first-order chi connectivity index (χ1) is 8.27. The lowest BCUT2D eigenvalue weighted by molar-refractivity contribution is 0.0997. The molecular formula is C14H20FNO. The minimum absolute atomic E-state index is 0.154. The van der Waals surface area contributed by atoms with Gasteiger partial charge in [-0.3, -0.25) is 0 Å². The van der Waals surface area contributed by atoms with E-state index >= 15 is 0 Å². The zero-order valence-electron chi connectivity index (χ0n) is 10.3. The van der Waals surface area contributed by atoms with E-state index < -0.39 is 0 Å². The first-order valence-electron chi connectivity index (χ1n) is 6.31. The van der Waals surface area contributed by atoms with Crippen LogP contribution in [0.2, 0.25) is 0 Å². The Bertz CT molecular complexity index is 346. The summed E-state index contributed by atoms with van der Waals surface area (Å²) < 4.78 is 18.5. The quantitative estimate of drug-likeness (QED) is 0.767. The van der Waals surface area contributed by atoms with Gasteiger partial charge in [0.05, 0.1) is 0 Å². The van der Waals surface area contributed by atoms with Gasteiger partial charge in [-0.15, -0.1) is 0 Å². The van der Waals surface area contributed by atoms with Crippen molar-refractivity contribution in [2.75, 3.05) is 26.3 Å². The van der Waals surface area contributed by atoms with Crippen LogP contribution in [0.4, 0.5) is 4.39 Å². The topological polar surface area (TPSA) is 21.3 Å². The van der Waals surface area contributed by atoms with Gasteiger partial charge >= 0.3 is 0 Å². The van der Waals surface area contributed by atoms with Gasteiger partial charge < -0.3 is 10.1 Å². The van der Waals surface area contributed by atoms with E-state index in [9.17, 15) is 4.39 Å². The maximum atomic E-state index is 12.9. The monoisotopic (exact) mass is 237 g/mol. The summed E-state index contributed by atoms with van der Waals surface area (Å²) in [6, 6.07) is 6.89. The highest BCUT2D eigenvalue weighted by Gasteiger charge is 2.38. The second-order valence-corrected chi connectivity index (χ2v) is 4.75. The molecule has 94 valence electrons. The van der Waals surface area contributed by atoms with Gasteiger partial charge in [-0.05, 0) is 30.5 Å². The highest BCUT2D eigenvalue weighted by Crippen LogP contribution is 2.32. The van der Waals surface area contributed by atoms with Crippen LogP contribution in [-0.2, 0) is 10.2 Å². The van der Waals surface area contributed by atoms with Gasteiger partial charge in [0.15, 0.2) is 0 Å². The first kappa shape index (κ1) is 12.5. The van der Waals surface area contributed by atoms with E-state index in [0.717, 1.165) is 39.1 Å². The van der Waals surface area contributed by atoms with Crippen molar-refractivity contribution in [1.82, 2.24) is 5.32 Å². The predicted octanol–water partition coefficient (Wildman–Crippen LogP) is 2.48. The third-order valence-corrected chi connectivity index (χ3v) is 3.46. The largest absolute Gasteiger partial charge is 0.381 e. The van der Waals surface area contributed by atoms with Crippen molar-refractivity contribution in [1.29, 1.82) is 0 Å². The highest BCUT2D eigenvalue weighted by molar-refractivity contribution is 5.30. The van der Waals surface area contributed by atoms with Crippen molar-refractivity contribution in [3.63, 3.8) is 0 Å². The molecule has 1 fully saturated rings. The molecular weight excluding hydrogens is 217 g/mol. The van der Waals surface area contributed by atoms with Gasteiger partial charge in [-0.1, -0.05) is 19.1 Å². The molecule has 0 bridgehead atoms. The molecule has 1 aliphatic rings. The second-order valence-electron chi connectivity index (χ2n) is 4.75. The van der Waals surface area contributed by atoms with Crippen LogP contribution >= 0.6 is 0 Å². The first-order valence-corrected chi connectivity index (χ1v) is 6.31. The molecule has 1 aromatic rings. The molecule has 2 rings (SSSR count). The van der Waals surface area contributed by atoms with Crippen molar-refractivity contribution < 1.29 is 9.13 Å². The average molecular weight is 237 g/mol. The zero-order chi connectivity index (χ0) is 12.1. The van der Waals surface area contributed by atoms with Crippen molar-refractivity contribution in [2.45, 2.75) is 25.2 Å². The Hall–Kier alpha value is -0.930. The van der Waals surface area contributed by atoms with E-state index in [1.807, 2.05) is 12.1 Å². The Labute approximate surface area is 102 Å². The maximum absolute atomic E-state index is 12.9. The van der Waals surface area contributed by atoms with Crippen molar-refractivity contribution >= 4 is 0 Å². The molecule has 3 heteroatoms. The Morgan fingerprint density at radius 1 is 1.24 bits per heavy atom. The third kappa shape index (κ3) is 2.85. The summed E-state index contributed by atoms with van der Waals surface area (Å²) in [7, 11) is 0. The van der Waals surface area contributed by atoms with Crippen molar-refractivity contribution in [2.24, 2.45) is 0 Å². The van der Waals surface area contributed by atoms with Crippen LogP contribution in [0.3, 0.4) is 0 Å². The molecule has 0 radical (unpaired) electrons. The summed E-state index contributed by atoms with van der Waals surface area (Å²) in [4.78, 5) is 0. The molecule has 0 unspecified atom stereocenters. The number of rotatable bonds is 6. The number of benzene rings is 1. The minimum Gasteiger partial charge on any atom is -0.381 e. The number of ether oxygens (including phenoxy) is 1. The zero-order valence-corrected chi connectivity index (χ0v) is 10.3. The fourth-order valence-corrected chi connectivity index (χ4v) is 2.27. The molecule has 2 nitrogen and oxygen atoms in total. The van der Waals surface area contributed by atoms with Crippen LogP contribution in [0, 0.1) is 5.82 Å². The molecule has 17 heavy (non-hydrogen) atoms. The summed E-state index contributed by atoms with van der Waals surface area (Å²) in [5.74, 6) is -0.168.